The number of benzene rings is 1. The zero-order valence-electron chi connectivity index (χ0n) is 14.3. The number of rotatable bonds is 4. The van der Waals surface area contributed by atoms with E-state index in [1.807, 2.05) is 48.9 Å². The molecule has 2 aromatic heterocycles. The lowest BCUT2D eigenvalue weighted by atomic mass is 10.2. The van der Waals surface area contributed by atoms with Crippen LogP contribution >= 0.6 is 0 Å². The summed E-state index contributed by atoms with van der Waals surface area (Å²) in [6.45, 7) is 6.21. The number of carbonyl (C=O) groups is 1. The first-order valence-corrected chi connectivity index (χ1v) is 7.76. The molecule has 124 valence electrons. The minimum atomic E-state index is -0.168. The SMILES string of the molecule is Cc1cc(C(=O)N(C)Cc2c(C)nn(-c3ccccc3)c2C)no1. The monoisotopic (exact) mass is 324 g/mol. The Bertz CT molecular complexity index is 865. The van der Waals surface area contributed by atoms with Gasteiger partial charge >= 0.3 is 0 Å². The minimum absolute atomic E-state index is 0.168. The maximum atomic E-state index is 12.4. The highest BCUT2D eigenvalue weighted by Gasteiger charge is 2.20. The van der Waals surface area contributed by atoms with Crippen molar-refractivity contribution in [2.45, 2.75) is 27.3 Å². The third-order valence-electron chi connectivity index (χ3n) is 4.03. The van der Waals surface area contributed by atoms with Gasteiger partial charge in [-0.2, -0.15) is 5.10 Å². The smallest absolute Gasteiger partial charge is 0.276 e. The van der Waals surface area contributed by atoms with Gasteiger partial charge in [0.2, 0.25) is 0 Å². The molecule has 2 heterocycles. The van der Waals surface area contributed by atoms with Crippen LogP contribution in [0.2, 0.25) is 0 Å². The lowest BCUT2D eigenvalue weighted by molar-refractivity contribution is 0.0774. The number of aromatic nitrogens is 3. The normalized spacial score (nSPS) is 10.8. The Morgan fingerprint density at radius 2 is 1.92 bits per heavy atom. The van der Waals surface area contributed by atoms with Crippen molar-refractivity contribution in [2.75, 3.05) is 7.05 Å². The van der Waals surface area contributed by atoms with E-state index >= 15 is 0 Å². The highest BCUT2D eigenvalue weighted by atomic mass is 16.5. The number of hydrogen-bond donors (Lipinski definition) is 0. The average Bonchev–Trinajstić information content (AvgIpc) is 3.13. The zero-order valence-corrected chi connectivity index (χ0v) is 14.3. The number of carbonyl (C=O) groups excluding carboxylic acids is 1. The summed E-state index contributed by atoms with van der Waals surface area (Å²) in [5.41, 5.74) is 4.29. The highest BCUT2D eigenvalue weighted by Crippen LogP contribution is 2.20. The molecule has 0 saturated heterocycles. The summed E-state index contributed by atoms with van der Waals surface area (Å²) in [7, 11) is 1.76. The molecular formula is C18H20N4O2. The van der Waals surface area contributed by atoms with Crippen LogP contribution in [0.15, 0.2) is 40.9 Å². The van der Waals surface area contributed by atoms with Crippen molar-refractivity contribution in [1.82, 2.24) is 19.8 Å². The third-order valence-corrected chi connectivity index (χ3v) is 4.03. The van der Waals surface area contributed by atoms with Crippen LogP contribution in [0.5, 0.6) is 0 Å². The predicted molar refractivity (Wildman–Crippen MR) is 90.1 cm³/mol. The van der Waals surface area contributed by atoms with Crippen LogP contribution in [0.25, 0.3) is 5.69 Å². The molecule has 0 aliphatic carbocycles. The number of aryl methyl sites for hydroxylation is 2. The summed E-state index contributed by atoms with van der Waals surface area (Å²) in [6.07, 6.45) is 0. The van der Waals surface area contributed by atoms with Crippen molar-refractivity contribution in [3.05, 3.63) is 64.8 Å². The molecule has 0 radical (unpaired) electrons. The van der Waals surface area contributed by atoms with Crippen LogP contribution in [0, 0.1) is 20.8 Å². The van der Waals surface area contributed by atoms with Gasteiger partial charge in [-0.3, -0.25) is 4.79 Å². The van der Waals surface area contributed by atoms with E-state index in [0.717, 1.165) is 22.6 Å². The average molecular weight is 324 g/mol. The number of amides is 1. The number of nitrogens with zero attached hydrogens (tertiary/aromatic N) is 4. The molecule has 3 rings (SSSR count). The second kappa shape index (κ2) is 6.31. The van der Waals surface area contributed by atoms with Gasteiger partial charge in [0.15, 0.2) is 5.69 Å². The quantitative estimate of drug-likeness (QED) is 0.740. The van der Waals surface area contributed by atoms with Crippen LogP contribution in [0.4, 0.5) is 0 Å². The summed E-state index contributed by atoms with van der Waals surface area (Å²) in [5, 5.41) is 8.40. The first-order valence-electron chi connectivity index (χ1n) is 7.76. The van der Waals surface area contributed by atoms with Crippen molar-refractivity contribution in [1.29, 1.82) is 0 Å². The molecule has 1 amide bonds. The molecule has 6 heteroatoms. The molecule has 0 spiro atoms. The van der Waals surface area contributed by atoms with Crippen molar-refractivity contribution in [3.8, 4) is 5.69 Å². The Hall–Kier alpha value is -2.89. The van der Waals surface area contributed by atoms with Crippen LogP contribution in [-0.2, 0) is 6.54 Å². The lowest BCUT2D eigenvalue weighted by Gasteiger charge is -2.16. The molecule has 0 fully saturated rings. The van der Waals surface area contributed by atoms with E-state index in [-0.39, 0.29) is 5.91 Å². The summed E-state index contributed by atoms with van der Waals surface area (Å²) in [6, 6.07) is 11.6. The topological polar surface area (TPSA) is 64.2 Å². The van der Waals surface area contributed by atoms with Gasteiger partial charge in [0.05, 0.1) is 11.4 Å². The van der Waals surface area contributed by atoms with E-state index in [4.69, 9.17) is 4.52 Å². The van der Waals surface area contributed by atoms with Crippen LogP contribution < -0.4 is 0 Å². The van der Waals surface area contributed by atoms with Gasteiger partial charge in [-0.05, 0) is 32.9 Å². The molecular weight excluding hydrogens is 304 g/mol. The molecule has 3 aromatic rings. The minimum Gasteiger partial charge on any atom is -0.361 e. The van der Waals surface area contributed by atoms with Gasteiger partial charge in [0, 0.05) is 30.9 Å². The van der Waals surface area contributed by atoms with Gasteiger partial charge in [-0.15, -0.1) is 0 Å². The Labute approximate surface area is 140 Å². The fourth-order valence-corrected chi connectivity index (χ4v) is 2.70. The molecule has 6 nitrogen and oxygen atoms in total. The molecule has 24 heavy (non-hydrogen) atoms. The lowest BCUT2D eigenvalue weighted by Crippen LogP contribution is -2.27. The zero-order chi connectivity index (χ0) is 17.3. The van der Waals surface area contributed by atoms with Crippen molar-refractivity contribution < 1.29 is 9.32 Å². The fraction of sp³-hybridized carbons (Fsp3) is 0.278. The number of hydrogen-bond acceptors (Lipinski definition) is 4. The first-order chi connectivity index (χ1) is 11.5. The van der Waals surface area contributed by atoms with Gasteiger partial charge in [0.25, 0.3) is 5.91 Å². The van der Waals surface area contributed by atoms with Crippen molar-refractivity contribution in [2.24, 2.45) is 0 Å². The maximum absolute atomic E-state index is 12.4. The van der Waals surface area contributed by atoms with E-state index in [1.54, 1.807) is 24.9 Å². The molecule has 1 aromatic carbocycles. The molecule has 0 unspecified atom stereocenters. The Morgan fingerprint density at radius 1 is 1.21 bits per heavy atom. The molecule has 0 saturated carbocycles. The maximum Gasteiger partial charge on any atom is 0.276 e. The predicted octanol–water partition coefficient (Wildman–Crippen LogP) is 3.06. The fourth-order valence-electron chi connectivity index (χ4n) is 2.70. The van der Waals surface area contributed by atoms with E-state index in [2.05, 4.69) is 10.3 Å². The van der Waals surface area contributed by atoms with Crippen molar-refractivity contribution >= 4 is 5.91 Å². The highest BCUT2D eigenvalue weighted by molar-refractivity contribution is 5.92. The second-order valence-corrected chi connectivity index (χ2v) is 5.88. The molecule has 0 N–H and O–H groups in total. The van der Waals surface area contributed by atoms with E-state index < -0.39 is 0 Å². The van der Waals surface area contributed by atoms with Crippen LogP contribution in [0.3, 0.4) is 0 Å². The van der Waals surface area contributed by atoms with Gasteiger partial charge in [-0.1, -0.05) is 23.4 Å². The largest absolute Gasteiger partial charge is 0.361 e. The van der Waals surface area contributed by atoms with Crippen molar-refractivity contribution in [3.63, 3.8) is 0 Å². The summed E-state index contributed by atoms with van der Waals surface area (Å²) in [5.74, 6) is 0.453. The molecule has 0 aliphatic heterocycles. The van der Waals surface area contributed by atoms with Crippen LogP contribution in [0.1, 0.15) is 33.2 Å². The van der Waals surface area contributed by atoms with Gasteiger partial charge < -0.3 is 9.42 Å². The summed E-state index contributed by atoms with van der Waals surface area (Å²) in [4.78, 5) is 14.1. The molecule has 0 bridgehead atoms. The standard InChI is InChI=1S/C18H20N4O2/c1-12-10-17(20-24-12)18(23)21(4)11-16-13(2)19-22(14(16)3)15-8-6-5-7-9-15/h5-10H,11H2,1-4H3. The van der Waals surface area contributed by atoms with E-state index in [1.165, 1.54) is 0 Å². The van der Waals surface area contributed by atoms with Crippen LogP contribution in [-0.4, -0.2) is 32.8 Å². The van der Waals surface area contributed by atoms with Gasteiger partial charge in [0.1, 0.15) is 5.76 Å². The second-order valence-electron chi connectivity index (χ2n) is 5.88. The Balaban J connectivity index is 1.85. The Morgan fingerprint density at radius 3 is 2.54 bits per heavy atom. The summed E-state index contributed by atoms with van der Waals surface area (Å²) < 4.78 is 6.89. The molecule has 0 aliphatic rings. The van der Waals surface area contributed by atoms with Gasteiger partial charge in [-0.25, -0.2) is 4.68 Å². The number of para-hydroxylation sites is 1. The summed E-state index contributed by atoms with van der Waals surface area (Å²) >= 11 is 0. The molecule has 0 atom stereocenters. The first kappa shape index (κ1) is 16.0. The van der Waals surface area contributed by atoms with E-state index in [0.29, 0.717) is 18.0 Å². The van der Waals surface area contributed by atoms with E-state index in [9.17, 15) is 4.79 Å². The Kier molecular flexibility index (Phi) is 4.20. The third kappa shape index (κ3) is 2.95.